The monoisotopic (exact) mass is 445 g/mol. The molecule has 0 saturated carbocycles. The van der Waals surface area contributed by atoms with Gasteiger partial charge in [0.25, 0.3) is 17.5 Å². The first-order valence-corrected chi connectivity index (χ1v) is 9.88. The van der Waals surface area contributed by atoms with E-state index >= 15 is 0 Å². The fourth-order valence-electron chi connectivity index (χ4n) is 3.17. The molecule has 0 spiro atoms. The second-order valence-corrected chi connectivity index (χ2v) is 7.34. The number of nitro benzene ring substituents is 1. The van der Waals surface area contributed by atoms with Crippen molar-refractivity contribution in [2.45, 2.75) is 26.4 Å². The van der Waals surface area contributed by atoms with Crippen LogP contribution in [-0.4, -0.2) is 40.9 Å². The molecule has 0 radical (unpaired) electrons. The van der Waals surface area contributed by atoms with Crippen LogP contribution in [0.5, 0.6) is 0 Å². The molecule has 0 aliphatic carbocycles. The highest BCUT2D eigenvalue weighted by atomic mass is 19.2. The maximum atomic E-state index is 13.6. The van der Waals surface area contributed by atoms with E-state index in [2.05, 4.69) is 5.32 Å². The lowest BCUT2D eigenvalue weighted by atomic mass is 10.0. The molecule has 1 heterocycles. The number of amides is 2. The number of nitro groups is 1. The third-order valence-electron chi connectivity index (χ3n) is 4.70. The summed E-state index contributed by atoms with van der Waals surface area (Å²) in [5, 5.41) is 13.6. The minimum absolute atomic E-state index is 0.000577. The van der Waals surface area contributed by atoms with E-state index in [1.54, 1.807) is 0 Å². The minimum atomic E-state index is -1.12. The maximum Gasteiger partial charge on any atom is 0.278 e. The van der Waals surface area contributed by atoms with Crippen molar-refractivity contribution in [3.8, 4) is 0 Å². The van der Waals surface area contributed by atoms with Crippen molar-refractivity contribution in [2.75, 3.05) is 18.5 Å². The van der Waals surface area contributed by atoms with Crippen LogP contribution in [0, 0.1) is 21.7 Å². The minimum Gasteiger partial charge on any atom is -0.379 e. The Balaban J connectivity index is 1.94. The number of nitrogens with zero attached hydrogens (tertiary/aromatic N) is 2. The number of ether oxygens (including phenoxy) is 1. The Bertz CT molecular complexity index is 1080. The standard InChI is InChI=1S/C22H21F2N3O5/c1-13(2)32-11-3-10-26-21(28)19(14-4-7-16(8-5-14)27(30)31)20(22(26)29)25-15-6-9-17(23)18(24)12-15/h4-9,12-13,25H,3,10-11H2,1-2H3. The Labute approximate surface area is 182 Å². The quantitative estimate of drug-likeness (QED) is 0.272. The highest BCUT2D eigenvalue weighted by molar-refractivity contribution is 6.36. The van der Waals surface area contributed by atoms with E-state index in [9.17, 15) is 28.5 Å². The summed E-state index contributed by atoms with van der Waals surface area (Å²) in [5.41, 5.74) is 0.0346. The average molecular weight is 445 g/mol. The molecule has 1 aliphatic rings. The molecule has 0 unspecified atom stereocenters. The molecule has 8 nitrogen and oxygen atoms in total. The van der Waals surface area contributed by atoms with Gasteiger partial charge in [0.05, 0.1) is 16.6 Å². The summed E-state index contributed by atoms with van der Waals surface area (Å²) in [4.78, 5) is 37.5. The van der Waals surface area contributed by atoms with Gasteiger partial charge in [0.2, 0.25) is 0 Å². The number of nitrogens with one attached hydrogen (secondary N) is 1. The number of hydrogen-bond donors (Lipinski definition) is 1. The van der Waals surface area contributed by atoms with Gasteiger partial charge in [-0.15, -0.1) is 0 Å². The number of carbonyl (C=O) groups excluding carboxylic acids is 2. The topological polar surface area (TPSA) is 102 Å². The van der Waals surface area contributed by atoms with Crippen LogP contribution in [0.2, 0.25) is 0 Å². The highest BCUT2D eigenvalue weighted by Gasteiger charge is 2.39. The van der Waals surface area contributed by atoms with Gasteiger partial charge < -0.3 is 10.1 Å². The van der Waals surface area contributed by atoms with E-state index in [1.807, 2.05) is 13.8 Å². The molecule has 2 aromatic rings. The Kier molecular flexibility index (Phi) is 6.94. The van der Waals surface area contributed by atoms with Crippen molar-refractivity contribution in [1.82, 2.24) is 4.90 Å². The molecule has 168 valence electrons. The highest BCUT2D eigenvalue weighted by Crippen LogP contribution is 2.31. The lowest BCUT2D eigenvalue weighted by Gasteiger charge is -2.16. The number of non-ortho nitro benzene ring substituents is 1. The van der Waals surface area contributed by atoms with Crippen LogP contribution in [0.25, 0.3) is 5.57 Å². The van der Waals surface area contributed by atoms with Crippen molar-refractivity contribution in [3.63, 3.8) is 0 Å². The van der Waals surface area contributed by atoms with Gasteiger partial charge in [-0.05, 0) is 50.1 Å². The normalized spacial score (nSPS) is 14.0. The Morgan fingerprint density at radius 2 is 1.75 bits per heavy atom. The van der Waals surface area contributed by atoms with Crippen molar-refractivity contribution < 1.29 is 28.0 Å². The molecule has 0 atom stereocenters. The largest absolute Gasteiger partial charge is 0.379 e. The van der Waals surface area contributed by atoms with Crippen LogP contribution in [0.15, 0.2) is 48.2 Å². The van der Waals surface area contributed by atoms with Gasteiger partial charge in [-0.1, -0.05) is 0 Å². The summed E-state index contributed by atoms with van der Waals surface area (Å²) in [6, 6.07) is 8.14. The smallest absolute Gasteiger partial charge is 0.278 e. The molecule has 0 bridgehead atoms. The van der Waals surface area contributed by atoms with E-state index in [1.165, 1.54) is 30.3 Å². The number of halogens is 2. The predicted molar refractivity (Wildman–Crippen MR) is 112 cm³/mol. The molecular weight excluding hydrogens is 424 g/mol. The van der Waals surface area contributed by atoms with E-state index in [4.69, 9.17) is 4.74 Å². The molecule has 0 aromatic heterocycles. The fraction of sp³-hybridized carbons (Fsp3) is 0.273. The maximum absolute atomic E-state index is 13.6. The van der Waals surface area contributed by atoms with Crippen molar-refractivity contribution in [2.24, 2.45) is 0 Å². The zero-order chi connectivity index (χ0) is 23.4. The van der Waals surface area contributed by atoms with Gasteiger partial charge in [0, 0.05) is 37.0 Å². The van der Waals surface area contributed by atoms with Crippen LogP contribution in [0.1, 0.15) is 25.8 Å². The van der Waals surface area contributed by atoms with Gasteiger partial charge >= 0.3 is 0 Å². The summed E-state index contributed by atoms with van der Waals surface area (Å²) in [6.07, 6.45) is 0.404. The lowest BCUT2D eigenvalue weighted by Crippen LogP contribution is -2.34. The third kappa shape index (κ3) is 4.97. The average Bonchev–Trinajstić information content (AvgIpc) is 2.97. The zero-order valence-corrected chi connectivity index (χ0v) is 17.4. The Hall–Kier alpha value is -3.66. The van der Waals surface area contributed by atoms with E-state index in [0.717, 1.165) is 17.0 Å². The molecule has 3 rings (SSSR count). The molecule has 0 fully saturated rings. The van der Waals surface area contributed by atoms with Crippen molar-refractivity contribution in [3.05, 3.63) is 75.5 Å². The van der Waals surface area contributed by atoms with Gasteiger partial charge in [0.15, 0.2) is 11.6 Å². The van der Waals surface area contributed by atoms with E-state index in [-0.39, 0.29) is 40.9 Å². The number of anilines is 1. The lowest BCUT2D eigenvalue weighted by molar-refractivity contribution is -0.384. The molecule has 0 saturated heterocycles. The molecule has 10 heteroatoms. The summed E-state index contributed by atoms with van der Waals surface area (Å²) in [5.74, 6) is -3.41. The van der Waals surface area contributed by atoms with Crippen LogP contribution >= 0.6 is 0 Å². The molecule has 1 aliphatic heterocycles. The zero-order valence-electron chi connectivity index (χ0n) is 17.4. The predicted octanol–water partition coefficient (Wildman–Crippen LogP) is 3.88. The summed E-state index contributed by atoms with van der Waals surface area (Å²) in [7, 11) is 0. The first kappa shape index (κ1) is 23.0. The molecule has 32 heavy (non-hydrogen) atoms. The first-order chi connectivity index (χ1) is 15.2. The number of hydrogen-bond acceptors (Lipinski definition) is 6. The summed E-state index contributed by atoms with van der Waals surface area (Å²) in [6.45, 7) is 4.16. The van der Waals surface area contributed by atoms with E-state index < -0.39 is 28.4 Å². The number of imide groups is 1. The fourth-order valence-corrected chi connectivity index (χ4v) is 3.17. The van der Waals surface area contributed by atoms with Crippen LogP contribution in [0.4, 0.5) is 20.2 Å². The SMILES string of the molecule is CC(C)OCCCN1C(=O)C(Nc2ccc(F)c(F)c2)=C(c2ccc([N+](=O)[O-])cc2)C1=O. The molecule has 1 N–H and O–H groups in total. The number of benzene rings is 2. The molecular formula is C22H21F2N3O5. The van der Waals surface area contributed by atoms with Crippen molar-refractivity contribution in [1.29, 1.82) is 0 Å². The second-order valence-electron chi connectivity index (χ2n) is 7.34. The third-order valence-corrected chi connectivity index (χ3v) is 4.70. The molecule has 2 aromatic carbocycles. The van der Waals surface area contributed by atoms with Crippen molar-refractivity contribution >= 4 is 28.8 Å². The van der Waals surface area contributed by atoms with Crippen LogP contribution < -0.4 is 5.32 Å². The Morgan fingerprint density at radius 3 is 2.34 bits per heavy atom. The number of rotatable bonds is 9. The first-order valence-electron chi connectivity index (χ1n) is 9.88. The molecule has 2 amide bonds. The van der Waals surface area contributed by atoms with Crippen LogP contribution in [-0.2, 0) is 14.3 Å². The van der Waals surface area contributed by atoms with Gasteiger partial charge in [-0.3, -0.25) is 24.6 Å². The van der Waals surface area contributed by atoms with Crippen LogP contribution in [0.3, 0.4) is 0 Å². The van der Waals surface area contributed by atoms with Gasteiger partial charge in [-0.2, -0.15) is 0 Å². The summed E-state index contributed by atoms with van der Waals surface area (Å²) >= 11 is 0. The summed E-state index contributed by atoms with van der Waals surface area (Å²) < 4.78 is 32.4. The Morgan fingerprint density at radius 1 is 1.06 bits per heavy atom. The second kappa shape index (κ2) is 9.65. The van der Waals surface area contributed by atoms with E-state index in [0.29, 0.717) is 13.0 Å². The van der Waals surface area contributed by atoms with Gasteiger partial charge in [0.1, 0.15) is 5.70 Å². The van der Waals surface area contributed by atoms with Gasteiger partial charge in [-0.25, -0.2) is 8.78 Å². The number of carbonyl (C=O) groups is 2.